The number of non-ortho nitro benzene ring substituents is 1. The van der Waals surface area contributed by atoms with Gasteiger partial charge < -0.3 is 5.32 Å². The van der Waals surface area contributed by atoms with Crippen LogP contribution in [0.25, 0.3) is 0 Å². The minimum absolute atomic E-state index is 0.139. The molecule has 0 aliphatic carbocycles. The third-order valence-electron chi connectivity index (χ3n) is 3.23. The van der Waals surface area contributed by atoms with Gasteiger partial charge in [-0.25, -0.2) is 0 Å². The first-order valence-corrected chi connectivity index (χ1v) is 6.67. The Morgan fingerprint density at radius 1 is 1.28 bits per heavy atom. The second kappa shape index (κ2) is 4.51. The number of rotatable bonds is 2. The van der Waals surface area contributed by atoms with Gasteiger partial charge in [-0.05, 0) is 29.0 Å². The van der Waals surface area contributed by atoms with Crippen LogP contribution in [0.1, 0.15) is 22.0 Å². The van der Waals surface area contributed by atoms with E-state index in [2.05, 4.69) is 16.8 Å². The number of hydrogen-bond acceptors (Lipinski definition) is 4. The number of hydrogen-bond donors (Lipinski definition) is 1. The first kappa shape index (κ1) is 11.4. The lowest BCUT2D eigenvalue weighted by Gasteiger charge is -2.24. The van der Waals surface area contributed by atoms with Gasteiger partial charge in [0, 0.05) is 23.6 Å². The maximum atomic E-state index is 10.6. The molecule has 1 aromatic carbocycles. The molecule has 2 aromatic rings. The summed E-state index contributed by atoms with van der Waals surface area (Å²) in [6, 6.07) is 9.11. The van der Waals surface area contributed by atoms with Gasteiger partial charge in [0.2, 0.25) is 0 Å². The van der Waals surface area contributed by atoms with Crippen molar-refractivity contribution in [2.75, 3.05) is 6.54 Å². The summed E-state index contributed by atoms with van der Waals surface area (Å²) in [6.45, 7) is 0.954. The highest BCUT2D eigenvalue weighted by Gasteiger charge is 2.22. The number of benzene rings is 1. The van der Waals surface area contributed by atoms with Crippen molar-refractivity contribution in [2.24, 2.45) is 0 Å². The molecule has 0 spiro atoms. The Balaban J connectivity index is 1.95. The molecule has 1 unspecified atom stereocenters. The van der Waals surface area contributed by atoms with Crippen molar-refractivity contribution >= 4 is 17.0 Å². The number of thiophene rings is 1. The van der Waals surface area contributed by atoms with Gasteiger partial charge in [-0.3, -0.25) is 10.1 Å². The fourth-order valence-electron chi connectivity index (χ4n) is 2.34. The van der Waals surface area contributed by atoms with Crippen LogP contribution in [0.5, 0.6) is 0 Å². The average Bonchev–Trinajstić information content (AvgIpc) is 2.87. The van der Waals surface area contributed by atoms with E-state index in [4.69, 9.17) is 0 Å². The molecule has 5 heteroatoms. The van der Waals surface area contributed by atoms with Crippen molar-refractivity contribution < 1.29 is 4.92 Å². The van der Waals surface area contributed by atoms with Gasteiger partial charge in [-0.2, -0.15) is 0 Å². The minimum atomic E-state index is -0.367. The minimum Gasteiger partial charge on any atom is -0.306 e. The summed E-state index contributed by atoms with van der Waals surface area (Å²) < 4.78 is 0. The Labute approximate surface area is 108 Å². The van der Waals surface area contributed by atoms with Gasteiger partial charge in [0.1, 0.15) is 0 Å². The topological polar surface area (TPSA) is 55.2 Å². The van der Waals surface area contributed by atoms with E-state index >= 15 is 0 Å². The van der Waals surface area contributed by atoms with E-state index in [-0.39, 0.29) is 16.7 Å². The Kier molecular flexibility index (Phi) is 2.85. The van der Waals surface area contributed by atoms with Gasteiger partial charge >= 0.3 is 0 Å². The highest BCUT2D eigenvalue weighted by atomic mass is 32.1. The van der Waals surface area contributed by atoms with E-state index in [9.17, 15) is 10.1 Å². The summed E-state index contributed by atoms with van der Waals surface area (Å²) in [5.74, 6) is 0. The normalized spacial score (nSPS) is 18.3. The summed E-state index contributed by atoms with van der Waals surface area (Å²) in [6.07, 6.45) is 1.07. The third-order valence-corrected chi connectivity index (χ3v) is 4.23. The number of fused-ring (bicyclic) bond motifs is 1. The molecule has 0 amide bonds. The highest BCUT2D eigenvalue weighted by Crippen LogP contribution is 2.32. The van der Waals surface area contributed by atoms with E-state index in [1.165, 1.54) is 10.4 Å². The molecule has 0 saturated heterocycles. The van der Waals surface area contributed by atoms with Crippen LogP contribution in [-0.2, 0) is 6.42 Å². The molecule has 3 rings (SSSR count). The van der Waals surface area contributed by atoms with Gasteiger partial charge in [0.25, 0.3) is 5.69 Å². The van der Waals surface area contributed by atoms with Crippen LogP contribution in [0.2, 0.25) is 0 Å². The van der Waals surface area contributed by atoms with Crippen molar-refractivity contribution in [2.45, 2.75) is 12.5 Å². The molecule has 4 nitrogen and oxygen atoms in total. The standard InChI is InChI=1S/C13H12N2O2S/c16-15(17)10-3-1-9(2-4-10)13-11-6-8-18-12(11)5-7-14-13/h1-4,6,8,13-14H,5,7H2. The average molecular weight is 260 g/mol. The summed E-state index contributed by atoms with van der Waals surface area (Å²) in [5, 5.41) is 16.2. The number of nitrogens with zero attached hydrogens (tertiary/aromatic N) is 1. The highest BCUT2D eigenvalue weighted by molar-refractivity contribution is 7.10. The van der Waals surface area contributed by atoms with Crippen molar-refractivity contribution in [1.29, 1.82) is 0 Å². The molecule has 92 valence electrons. The number of nitro benzene ring substituents is 1. The SMILES string of the molecule is O=[N+]([O-])c1ccc(C2NCCc3sccc32)cc1. The Morgan fingerprint density at radius 2 is 2.06 bits per heavy atom. The van der Waals surface area contributed by atoms with Crippen molar-refractivity contribution in [1.82, 2.24) is 5.32 Å². The third kappa shape index (κ3) is 1.91. The summed E-state index contributed by atoms with van der Waals surface area (Å²) in [4.78, 5) is 11.7. The molecule has 18 heavy (non-hydrogen) atoms. The number of nitro groups is 1. The van der Waals surface area contributed by atoms with Crippen LogP contribution in [0.15, 0.2) is 35.7 Å². The van der Waals surface area contributed by atoms with Crippen molar-refractivity contribution in [3.63, 3.8) is 0 Å². The second-order valence-corrected chi connectivity index (χ2v) is 5.29. The van der Waals surface area contributed by atoms with Crippen molar-refractivity contribution in [3.05, 3.63) is 61.8 Å². The monoisotopic (exact) mass is 260 g/mol. The predicted molar refractivity (Wildman–Crippen MR) is 71.0 cm³/mol. The molecule has 1 aromatic heterocycles. The zero-order chi connectivity index (χ0) is 12.5. The molecular formula is C13H12N2O2S. The molecule has 0 saturated carbocycles. The fourth-order valence-corrected chi connectivity index (χ4v) is 3.26. The molecule has 2 heterocycles. The van der Waals surface area contributed by atoms with E-state index < -0.39 is 0 Å². The fraction of sp³-hybridized carbons (Fsp3) is 0.231. The lowest BCUT2D eigenvalue weighted by molar-refractivity contribution is -0.384. The summed E-state index contributed by atoms with van der Waals surface area (Å²) in [5.41, 5.74) is 2.53. The van der Waals surface area contributed by atoms with E-state index in [0.717, 1.165) is 18.5 Å². The summed E-state index contributed by atoms with van der Waals surface area (Å²) in [7, 11) is 0. The lowest BCUT2D eigenvalue weighted by Crippen LogP contribution is -2.29. The van der Waals surface area contributed by atoms with Crippen LogP contribution in [0.3, 0.4) is 0 Å². The lowest BCUT2D eigenvalue weighted by atomic mass is 9.95. The van der Waals surface area contributed by atoms with Gasteiger partial charge in [-0.15, -0.1) is 11.3 Å². The summed E-state index contributed by atoms with van der Waals surface area (Å²) >= 11 is 1.78. The van der Waals surface area contributed by atoms with Crippen LogP contribution in [0.4, 0.5) is 5.69 Å². The smallest absolute Gasteiger partial charge is 0.269 e. The van der Waals surface area contributed by atoms with Gasteiger partial charge in [0.15, 0.2) is 0 Å². The zero-order valence-electron chi connectivity index (χ0n) is 9.63. The largest absolute Gasteiger partial charge is 0.306 e. The maximum absolute atomic E-state index is 10.6. The predicted octanol–water partition coefficient (Wildman–Crippen LogP) is 2.89. The van der Waals surface area contributed by atoms with Gasteiger partial charge in [0.05, 0.1) is 11.0 Å². The van der Waals surface area contributed by atoms with E-state index in [1.807, 2.05) is 12.1 Å². The van der Waals surface area contributed by atoms with Crippen molar-refractivity contribution in [3.8, 4) is 0 Å². The van der Waals surface area contributed by atoms with E-state index in [1.54, 1.807) is 23.5 Å². The second-order valence-electron chi connectivity index (χ2n) is 4.28. The van der Waals surface area contributed by atoms with Crippen LogP contribution in [0, 0.1) is 10.1 Å². The Hall–Kier alpha value is -1.72. The first-order chi connectivity index (χ1) is 8.75. The van der Waals surface area contributed by atoms with Crippen LogP contribution in [-0.4, -0.2) is 11.5 Å². The van der Waals surface area contributed by atoms with Crippen LogP contribution < -0.4 is 5.32 Å². The van der Waals surface area contributed by atoms with E-state index in [0.29, 0.717) is 0 Å². The molecule has 1 aliphatic heterocycles. The Bertz CT molecular complexity index is 577. The van der Waals surface area contributed by atoms with Crippen LogP contribution >= 0.6 is 11.3 Å². The molecule has 0 radical (unpaired) electrons. The molecule has 0 fully saturated rings. The number of nitrogens with one attached hydrogen (secondary N) is 1. The molecule has 1 N–H and O–H groups in total. The molecule has 1 aliphatic rings. The first-order valence-electron chi connectivity index (χ1n) is 5.80. The molecular weight excluding hydrogens is 248 g/mol. The quantitative estimate of drug-likeness (QED) is 0.667. The molecule has 1 atom stereocenters. The van der Waals surface area contributed by atoms with Gasteiger partial charge in [-0.1, -0.05) is 12.1 Å². The molecule has 0 bridgehead atoms. The maximum Gasteiger partial charge on any atom is 0.269 e. The zero-order valence-corrected chi connectivity index (χ0v) is 10.4. The Morgan fingerprint density at radius 3 is 2.78 bits per heavy atom.